The molecule has 0 aliphatic carbocycles. The lowest BCUT2D eigenvalue weighted by Crippen LogP contribution is -2.49. The molecule has 0 bridgehead atoms. The van der Waals surface area contributed by atoms with Gasteiger partial charge in [-0.25, -0.2) is 4.39 Å². The number of halogens is 1. The average Bonchev–Trinajstić information content (AvgIpc) is 2.95. The van der Waals surface area contributed by atoms with Crippen LogP contribution >= 0.6 is 0 Å². The summed E-state index contributed by atoms with van der Waals surface area (Å²) in [6.07, 6.45) is 2.00. The van der Waals surface area contributed by atoms with Crippen LogP contribution in [0, 0.1) is 11.7 Å². The van der Waals surface area contributed by atoms with Gasteiger partial charge in [0.1, 0.15) is 11.9 Å². The Balaban J connectivity index is 1.89. The van der Waals surface area contributed by atoms with Crippen molar-refractivity contribution in [2.75, 3.05) is 24.7 Å². The van der Waals surface area contributed by atoms with Gasteiger partial charge < -0.3 is 14.4 Å². The Morgan fingerprint density at radius 3 is 2.64 bits per heavy atom. The second kappa shape index (κ2) is 6.75. The molecule has 2 unspecified atom stereocenters. The van der Waals surface area contributed by atoms with E-state index in [2.05, 4.69) is 0 Å². The van der Waals surface area contributed by atoms with Crippen LogP contribution in [-0.2, 0) is 14.3 Å². The molecule has 120 valence electrons. The minimum Gasteiger partial charge on any atom is -0.381 e. The molecule has 2 heterocycles. The Morgan fingerprint density at radius 1 is 1.23 bits per heavy atom. The summed E-state index contributed by atoms with van der Waals surface area (Å²) in [5, 5.41) is 0. The number of ether oxygens (including phenoxy) is 2. The summed E-state index contributed by atoms with van der Waals surface area (Å²) in [6.45, 7) is 3.90. The predicted molar refractivity (Wildman–Crippen MR) is 81.2 cm³/mol. The van der Waals surface area contributed by atoms with E-state index in [1.54, 1.807) is 17.0 Å². The van der Waals surface area contributed by atoms with E-state index >= 15 is 0 Å². The molecule has 1 amide bonds. The third-order valence-electron chi connectivity index (χ3n) is 4.51. The van der Waals surface area contributed by atoms with Gasteiger partial charge in [0, 0.05) is 31.5 Å². The fourth-order valence-corrected chi connectivity index (χ4v) is 3.24. The topological polar surface area (TPSA) is 38.8 Å². The van der Waals surface area contributed by atoms with E-state index in [1.807, 2.05) is 6.92 Å². The monoisotopic (exact) mass is 307 g/mol. The summed E-state index contributed by atoms with van der Waals surface area (Å²) in [5.41, 5.74) is 0.611. The van der Waals surface area contributed by atoms with Gasteiger partial charge in [0.2, 0.25) is 0 Å². The normalized spacial score (nSPS) is 26.1. The van der Waals surface area contributed by atoms with Crippen molar-refractivity contribution in [3.8, 4) is 0 Å². The fourth-order valence-electron chi connectivity index (χ4n) is 3.24. The van der Waals surface area contributed by atoms with Gasteiger partial charge in [-0.05, 0) is 43.4 Å². The molecule has 0 radical (unpaired) electrons. The zero-order chi connectivity index (χ0) is 15.5. The van der Waals surface area contributed by atoms with Crippen LogP contribution in [-0.4, -0.2) is 37.9 Å². The van der Waals surface area contributed by atoms with E-state index in [0.717, 1.165) is 19.3 Å². The van der Waals surface area contributed by atoms with E-state index in [4.69, 9.17) is 9.47 Å². The highest BCUT2D eigenvalue weighted by atomic mass is 19.1. The average molecular weight is 307 g/mol. The number of carbonyl (C=O) groups is 1. The fraction of sp³-hybridized carbons (Fsp3) is 0.588. The Kier molecular flexibility index (Phi) is 4.74. The maximum absolute atomic E-state index is 13.6. The van der Waals surface area contributed by atoms with E-state index in [0.29, 0.717) is 25.5 Å². The third-order valence-corrected chi connectivity index (χ3v) is 4.51. The lowest BCUT2D eigenvalue weighted by Gasteiger charge is -2.36. The van der Waals surface area contributed by atoms with Crippen LogP contribution in [0.1, 0.15) is 26.2 Å². The van der Waals surface area contributed by atoms with Gasteiger partial charge in [0.05, 0.1) is 0 Å². The number of carbonyl (C=O) groups excluding carboxylic acids is 1. The van der Waals surface area contributed by atoms with Crippen LogP contribution in [0.5, 0.6) is 0 Å². The lowest BCUT2D eigenvalue weighted by molar-refractivity contribution is -0.129. The molecule has 0 aromatic heterocycles. The van der Waals surface area contributed by atoms with E-state index in [1.165, 1.54) is 12.1 Å². The van der Waals surface area contributed by atoms with Gasteiger partial charge >= 0.3 is 0 Å². The smallest absolute Gasteiger partial charge is 0.256 e. The largest absolute Gasteiger partial charge is 0.381 e. The van der Waals surface area contributed by atoms with Gasteiger partial charge in [-0.15, -0.1) is 0 Å². The molecule has 2 aliphatic rings. The number of hydrogen-bond acceptors (Lipinski definition) is 3. The van der Waals surface area contributed by atoms with Crippen molar-refractivity contribution in [3.63, 3.8) is 0 Å². The molecular formula is C17H22FNO3. The first-order valence-corrected chi connectivity index (χ1v) is 7.95. The van der Waals surface area contributed by atoms with Crippen molar-refractivity contribution in [2.24, 2.45) is 5.92 Å². The molecule has 22 heavy (non-hydrogen) atoms. The molecular weight excluding hydrogens is 285 g/mol. The molecule has 1 aromatic rings. The summed E-state index contributed by atoms with van der Waals surface area (Å²) in [7, 11) is 0. The van der Waals surface area contributed by atoms with Crippen molar-refractivity contribution in [2.45, 2.75) is 38.3 Å². The molecule has 1 aromatic carbocycles. The lowest BCUT2D eigenvalue weighted by atomic mass is 9.99. The van der Waals surface area contributed by atoms with Crippen LogP contribution < -0.4 is 4.90 Å². The van der Waals surface area contributed by atoms with Crippen molar-refractivity contribution >= 4 is 11.6 Å². The molecule has 0 spiro atoms. The summed E-state index contributed by atoms with van der Waals surface area (Å²) in [5.74, 6) is -0.186. The summed E-state index contributed by atoms with van der Waals surface area (Å²) >= 11 is 0. The maximum Gasteiger partial charge on any atom is 0.256 e. The first-order valence-electron chi connectivity index (χ1n) is 7.95. The van der Waals surface area contributed by atoms with Crippen LogP contribution in [0.4, 0.5) is 10.1 Å². The van der Waals surface area contributed by atoms with Crippen molar-refractivity contribution in [1.82, 2.24) is 0 Å². The number of amides is 1. The number of benzene rings is 1. The minimum absolute atomic E-state index is 0.0412. The second-order valence-electron chi connectivity index (χ2n) is 6.09. The van der Waals surface area contributed by atoms with Crippen LogP contribution in [0.25, 0.3) is 0 Å². The molecule has 5 heteroatoms. The van der Waals surface area contributed by atoms with Gasteiger partial charge in [0.25, 0.3) is 5.91 Å². The quantitative estimate of drug-likeness (QED) is 0.862. The van der Waals surface area contributed by atoms with Gasteiger partial charge in [-0.1, -0.05) is 13.0 Å². The summed E-state index contributed by atoms with van der Waals surface area (Å²) in [6, 6.07) is 6.29. The molecule has 2 atom stereocenters. The summed E-state index contributed by atoms with van der Waals surface area (Å²) in [4.78, 5) is 14.7. The van der Waals surface area contributed by atoms with Crippen LogP contribution in [0.2, 0.25) is 0 Å². The molecule has 2 aliphatic heterocycles. The Labute approximate surface area is 130 Å². The molecule has 0 N–H and O–H groups in total. The molecule has 3 rings (SSSR count). The zero-order valence-electron chi connectivity index (χ0n) is 12.8. The Hall–Kier alpha value is -1.46. The molecule has 2 fully saturated rings. The van der Waals surface area contributed by atoms with Crippen molar-refractivity contribution in [3.05, 3.63) is 30.1 Å². The number of rotatable bonds is 3. The van der Waals surface area contributed by atoms with E-state index in [9.17, 15) is 9.18 Å². The Bertz CT molecular complexity index is 530. The first kappa shape index (κ1) is 15.4. The third kappa shape index (κ3) is 3.15. The van der Waals surface area contributed by atoms with Gasteiger partial charge in [-0.2, -0.15) is 0 Å². The second-order valence-corrected chi connectivity index (χ2v) is 6.09. The zero-order valence-corrected chi connectivity index (χ0v) is 12.8. The van der Waals surface area contributed by atoms with Crippen molar-refractivity contribution in [1.29, 1.82) is 0 Å². The number of nitrogens with zero attached hydrogens (tertiary/aromatic N) is 1. The highest BCUT2D eigenvalue weighted by molar-refractivity contribution is 5.97. The molecule has 4 nitrogen and oxygen atoms in total. The SMILES string of the molecule is CC1CCOC1C(=O)N(c1cccc(F)c1)C1CCOCC1. The van der Waals surface area contributed by atoms with E-state index in [-0.39, 0.29) is 23.7 Å². The van der Waals surface area contributed by atoms with Crippen LogP contribution in [0.15, 0.2) is 24.3 Å². The molecule has 2 saturated heterocycles. The van der Waals surface area contributed by atoms with Gasteiger partial charge in [0.15, 0.2) is 0 Å². The molecule has 0 saturated carbocycles. The first-order chi connectivity index (χ1) is 10.7. The minimum atomic E-state index is -0.425. The highest BCUT2D eigenvalue weighted by Crippen LogP contribution is 2.29. The van der Waals surface area contributed by atoms with E-state index < -0.39 is 6.10 Å². The predicted octanol–water partition coefficient (Wildman–Crippen LogP) is 2.76. The highest BCUT2D eigenvalue weighted by Gasteiger charge is 2.37. The standard InChI is InChI=1S/C17H22FNO3/c1-12-5-10-22-16(12)17(20)19(14-6-8-21-9-7-14)15-4-2-3-13(18)11-15/h2-4,11-12,14,16H,5-10H2,1H3. The van der Waals surface area contributed by atoms with Crippen LogP contribution in [0.3, 0.4) is 0 Å². The van der Waals surface area contributed by atoms with Crippen molar-refractivity contribution < 1.29 is 18.7 Å². The number of anilines is 1. The number of hydrogen-bond donors (Lipinski definition) is 0. The maximum atomic E-state index is 13.6. The van der Waals surface area contributed by atoms with Gasteiger partial charge in [-0.3, -0.25) is 4.79 Å². The summed E-state index contributed by atoms with van der Waals surface area (Å²) < 4.78 is 24.6. The Morgan fingerprint density at radius 2 is 2.00 bits per heavy atom.